The Morgan fingerprint density at radius 1 is 1.11 bits per heavy atom. The number of aromatic nitrogens is 4. The minimum absolute atomic E-state index is 0.00404. The lowest BCUT2D eigenvalue weighted by Crippen LogP contribution is -2.30. The molecule has 144 valence electrons. The highest BCUT2D eigenvalue weighted by molar-refractivity contribution is 5.95. The molecule has 1 aliphatic rings. The average Bonchev–Trinajstić information content (AvgIpc) is 3.45. The van der Waals surface area contributed by atoms with Crippen molar-refractivity contribution in [3.8, 4) is 17.2 Å². The van der Waals surface area contributed by atoms with E-state index >= 15 is 0 Å². The second-order valence-electron chi connectivity index (χ2n) is 6.57. The molecule has 1 atom stereocenters. The lowest BCUT2D eigenvalue weighted by molar-refractivity contribution is 0.0734. The molecular formula is C20H21N5O3. The van der Waals surface area contributed by atoms with Gasteiger partial charge in [0.2, 0.25) is 0 Å². The van der Waals surface area contributed by atoms with Crippen LogP contribution in [0, 0.1) is 0 Å². The molecule has 1 fully saturated rings. The predicted octanol–water partition coefficient (Wildman–Crippen LogP) is 2.66. The molecule has 4 rings (SSSR count). The van der Waals surface area contributed by atoms with Crippen molar-refractivity contribution in [2.24, 2.45) is 0 Å². The molecule has 1 saturated heterocycles. The fourth-order valence-corrected chi connectivity index (χ4v) is 3.64. The highest BCUT2D eigenvalue weighted by Crippen LogP contribution is 2.39. The van der Waals surface area contributed by atoms with Gasteiger partial charge in [0.05, 0.1) is 25.9 Å². The van der Waals surface area contributed by atoms with Crippen LogP contribution in [0.4, 0.5) is 0 Å². The summed E-state index contributed by atoms with van der Waals surface area (Å²) in [6.45, 7) is 0.707. The van der Waals surface area contributed by atoms with Gasteiger partial charge in [-0.1, -0.05) is 0 Å². The number of tetrazole rings is 1. The monoisotopic (exact) mass is 379 g/mol. The molecule has 1 amide bonds. The molecule has 28 heavy (non-hydrogen) atoms. The van der Waals surface area contributed by atoms with Crippen molar-refractivity contribution in [3.05, 3.63) is 59.9 Å². The highest BCUT2D eigenvalue weighted by Gasteiger charge is 2.32. The zero-order valence-electron chi connectivity index (χ0n) is 15.8. The molecule has 0 bridgehead atoms. The van der Waals surface area contributed by atoms with E-state index in [9.17, 15) is 4.79 Å². The predicted molar refractivity (Wildman–Crippen MR) is 102 cm³/mol. The van der Waals surface area contributed by atoms with Crippen LogP contribution in [-0.4, -0.2) is 51.8 Å². The van der Waals surface area contributed by atoms with Gasteiger partial charge in [-0.15, -0.1) is 5.10 Å². The fourth-order valence-electron chi connectivity index (χ4n) is 3.64. The van der Waals surface area contributed by atoms with Crippen LogP contribution in [0.2, 0.25) is 0 Å². The maximum Gasteiger partial charge on any atom is 0.254 e. The van der Waals surface area contributed by atoms with Gasteiger partial charge < -0.3 is 14.4 Å². The van der Waals surface area contributed by atoms with E-state index in [0.29, 0.717) is 12.1 Å². The van der Waals surface area contributed by atoms with Crippen molar-refractivity contribution in [1.29, 1.82) is 0 Å². The van der Waals surface area contributed by atoms with Crippen molar-refractivity contribution in [3.63, 3.8) is 0 Å². The van der Waals surface area contributed by atoms with Gasteiger partial charge in [0.25, 0.3) is 5.91 Å². The smallest absolute Gasteiger partial charge is 0.254 e. The van der Waals surface area contributed by atoms with E-state index in [0.717, 1.165) is 35.6 Å². The van der Waals surface area contributed by atoms with Gasteiger partial charge in [-0.2, -0.15) is 0 Å². The molecule has 0 radical (unpaired) electrons. The number of benzene rings is 2. The number of rotatable bonds is 5. The molecule has 0 unspecified atom stereocenters. The molecule has 1 aliphatic heterocycles. The summed E-state index contributed by atoms with van der Waals surface area (Å²) in [4.78, 5) is 15.1. The first kappa shape index (κ1) is 18.0. The molecule has 1 aromatic heterocycles. The van der Waals surface area contributed by atoms with E-state index in [-0.39, 0.29) is 11.9 Å². The van der Waals surface area contributed by atoms with Gasteiger partial charge >= 0.3 is 0 Å². The summed E-state index contributed by atoms with van der Waals surface area (Å²) in [5.41, 5.74) is 2.40. The van der Waals surface area contributed by atoms with Crippen LogP contribution in [0.5, 0.6) is 11.5 Å². The summed E-state index contributed by atoms with van der Waals surface area (Å²) < 4.78 is 12.4. The molecule has 0 saturated carbocycles. The van der Waals surface area contributed by atoms with Crippen LogP contribution in [0.1, 0.15) is 34.8 Å². The Kier molecular flexibility index (Phi) is 4.92. The molecule has 8 heteroatoms. The van der Waals surface area contributed by atoms with Crippen molar-refractivity contribution >= 4 is 5.91 Å². The quantitative estimate of drug-likeness (QED) is 0.678. The van der Waals surface area contributed by atoms with E-state index in [1.165, 1.54) is 6.33 Å². The van der Waals surface area contributed by atoms with Gasteiger partial charge in [0.1, 0.15) is 17.8 Å². The summed E-state index contributed by atoms with van der Waals surface area (Å²) in [6.07, 6.45) is 3.35. The molecule has 2 aromatic carbocycles. The van der Waals surface area contributed by atoms with Crippen LogP contribution in [-0.2, 0) is 0 Å². The SMILES string of the molecule is COc1ccc(OC)c([C@@H]2CCCN2C(=O)c2ccc(-n3cnnn3)cc2)c1. The van der Waals surface area contributed by atoms with Crippen LogP contribution >= 0.6 is 0 Å². The molecule has 0 N–H and O–H groups in total. The summed E-state index contributed by atoms with van der Waals surface area (Å²) >= 11 is 0. The number of ether oxygens (including phenoxy) is 2. The lowest BCUT2D eigenvalue weighted by Gasteiger charge is -2.27. The zero-order chi connectivity index (χ0) is 19.5. The van der Waals surface area contributed by atoms with Gasteiger partial charge in [0, 0.05) is 17.7 Å². The van der Waals surface area contributed by atoms with Crippen LogP contribution in [0.25, 0.3) is 5.69 Å². The Morgan fingerprint density at radius 2 is 1.93 bits per heavy atom. The van der Waals surface area contributed by atoms with Gasteiger partial charge in [-0.25, -0.2) is 4.68 Å². The summed E-state index contributed by atoms with van der Waals surface area (Å²) in [7, 11) is 3.28. The van der Waals surface area contributed by atoms with Crippen molar-refractivity contribution in [2.75, 3.05) is 20.8 Å². The van der Waals surface area contributed by atoms with E-state index in [4.69, 9.17) is 9.47 Å². The standard InChI is InChI=1S/C20H21N5O3/c1-27-16-9-10-19(28-2)17(12-16)18-4-3-11-24(18)20(26)14-5-7-15(8-6-14)25-13-21-22-23-25/h5-10,12-13,18H,3-4,11H2,1-2H3/t18-/m0/s1. The number of likely N-dealkylation sites (tertiary alicyclic amines) is 1. The fraction of sp³-hybridized carbons (Fsp3) is 0.300. The Bertz CT molecular complexity index is 956. The topological polar surface area (TPSA) is 82.4 Å². The maximum atomic E-state index is 13.2. The summed E-state index contributed by atoms with van der Waals surface area (Å²) in [6, 6.07) is 12.9. The number of carbonyl (C=O) groups is 1. The second-order valence-corrected chi connectivity index (χ2v) is 6.57. The number of carbonyl (C=O) groups excluding carboxylic acids is 1. The van der Waals surface area contributed by atoms with Crippen LogP contribution in [0.15, 0.2) is 48.8 Å². The number of nitrogens with zero attached hydrogens (tertiary/aromatic N) is 5. The van der Waals surface area contributed by atoms with Gasteiger partial charge in [0.15, 0.2) is 0 Å². The Labute approximate surface area is 162 Å². The first-order valence-corrected chi connectivity index (χ1v) is 9.07. The Morgan fingerprint density at radius 3 is 2.61 bits per heavy atom. The van der Waals surface area contributed by atoms with Crippen LogP contribution < -0.4 is 9.47 Å². The first-order chi connectivity index (χ1) is 13.7. The molecule has 0 spiro atoms. The first-order valence-electron chi connectivity index (χ1n) is 9.07. The maximum absolute atomic E-state index is 13.2. The van der Waals surface area contributed by atoms with E-state index in [2.05, 4.69) is 15.5 Å². The van der Waals surface area contributed by atoms with Crippen molar-refractivity contribution in [1.82, 2.24) is 25.1 Å². The van der Waals surface area contributed by atoms with E-state index in [1.54, 1.807) is 31.0 Å². The Balaban J connectivity index is 1.61. The average molecular weight is 379 g/mol. The van der Waals surface area contributed by atoms with Gasteiger partial charge in [-0.3, -0.25) is 4.79 Å². The number of hydrogen-bond donors (Lipinski definition) is 0. The molecule has 3 aromatic rings. The summed E-state index contributed by atoms with van der Waals surface area (Å²) in [5, 5.41) is 11.1. The third-order valence-electron chi connectivity index (χ3n) is 5.04. The second kappa shape index (κ2) is 7.67. The minimum atomic E-state index is -0.0447. The van der Waals surface area contributed by atoms with Crippen LogP contribution in [0.3, 0.4) is 0 Å². The zero-order valence-corrected chi connectivity index (χ0v) is 15.8. The number of amides is 1. The van der Waals surface area contributed by atoms with Crippen molar-refractivity contribution in [2.45, 2.75) is 18.9 Å². The lowest BCUT2D eigenvalue weighted by atomic mass is 10.0. The largest absolute Gasteiger partial charge is 0.497 e. The molecule has 0 aliphatic carbocycles. The molecule has 8 nitrogen and oxygen atoms in total. The number of methoxy groups -OCH3 is 2. The normalized spacial score (nSPS) is 16.2. The summed E-state index contributed by atoms with van der Waals surface area (Å²) in [5.74, 6) is 1.51. The third-order valence-corrected chi connectivity index (χ3v) is 5.04. The van der Waals surface area contributed by atoms with E-state index in [1.807, 2.05) is 35.2 Å². The number of hydrogen-bond acceptors (Lipinski definition) is 6. The minimum Gasteiger partial charge on any atom is -0.497 e. The van der Waals surface area contributed by atoms with Crippen molar-refractivity contribution < 1.29 is 14.3 Å². The third kappa shape index (κ3) is 3.28. The van der Waals surface area contributed by atoms with E-state index < -0.39 is 0 Å². The van der Waals surface area contributed by atoms with Gasteiger partial charge in [-0.05, 0) is 65.7 Å². The molecular weight excluding hydrogens is 358 g/mol. The molecule has 2 heterocycles. The highest BCUT2D eigenvalue weighted by atomic mass is 16.5. The Hall–Kier alpha value is -3.42.